The lowest BCUT2D eigenvalue weighted by Gasteiger charge is -2.41. The number of carbonyl (C=O) groups excluding carboxylic acids is 1. The Morgan fingerprint density at radius 1 is 1.26 bits per heavy atom. The normalized spacial score (nSPS) is 23.2. The zero-order valence-corrected chi connectivity index (χ0v) is 21.1. The number of likely N-dealkylation sites (tertiary alicyclic amines) is 2. The third-order valence-corrected chi connectivity index (χ3v) is 7.08. The number of nitrogens with zero attached hydrogens (tertiary/aromatic N) is 6. The summed E-state index contributed by atoms with van der Waals surface area (Å²) in [4.78, 5) is 39.2. The maximum atomic E-state index is 12.6. The lowest BCUT2D eigenvalue weighted by molar-refractivity contribution is -0.125. The minimum atomic E-state index is -0.883. The zero-order valence-electron chi connectivity index (χ0n) is 21.1. The SMILES string of the molecule is CC(C)n1cnc2c(NC3CCN(C(=O)O)C(C4CCN(C(=O)/C=C/CN(C)C)C4)C3)ccnc21. The van der Waals surface area contributed by atoms with Crippen LogP contribution >= 0.6 is 0 Å². The topological polar surface area (TPSA) is 107 Å². The van der Waals surface area contributed by atoms with Crippen molar-refractivity contribution in [3.63, 3.8) is 0 Å². The fourth-order valence-corrected chi connectivity index (χ4v) is 5.23. The molecule has 0 radical (unpaired) electrons. The first-order chi connectivity index (χ1) is 16.7. The highest BCUT2D eigenvalue weighted by Gasteiger charge is 2.40. The van der Waals surface area contributed by atoms with Gasteiger partial charge in [-0.3, -0.25) is 4.79 Å². The number of rotatable bonds is 7. The molecule has 2 aliphatic rings. The molecule has 190 valence electrons. The molecular weight excluding hydrogens is 446 g/mol. The summed E-state index contributed by atoms with van der Waals surface area (Å²) in [6.45, 7) is 6.63. The molecule has 2 amide bonds. The summed E-state index contributed by atoms with van der Waals surface area (Å²) in [5.74, 6) is 0.126. The molecule has 10 nitrogen and oxygen atoms in total. The van der Waals surface area contributed by atoms with E-state index in [0.717, 1.165) is 29.7 Å². The molecule has 2 N–H and O–H groups in total. The van der Waals surface area contributed by atoms with E-state index in [0.29, 0.717) is 32.6 Å². The number of imidazole rings is 1. The van der Waals surface area contributed by atoms with Crippen LogP contribution in [0.25, 0.3) is 11.2 Å². The average molecular weight is 484 g/mol. The molecule has 2 aliphatic heterocycles. The van der Waals surface area contributed by atoms with Gasteiger partial charge in [0.25, 0.3) is 0 Å². The molecular formula is C25H37N7O3. The molecule has 3 atom stereocenters. The van der Waals surface area contributed by atoms with Crippen LogP contribution in [0, 0.1) is 5.92 Å². The van der Waals surface area contributed by atoms with Gasteiger partial charge in [0.15, 0.2) is 5.65 Å². The summed E-state index contributed by atoms with van der Waals surface area (Å²) in [7, 11) is 3.92. The fraction of sp³-hybridized carbons (Fsp3) is 0.600. The Morgan fingerprint density at radius 2 is 2.06 bits per heavy atom. The Hall–Kier alpha value is -3.14. The molecule has 0 bridgehead atoms. The van der Waals surface area contributed by atoms with Crippen molar-refractivity contribution in [2.75, 3.05) is 45.6 Å². The van der Waals surface area contributed by atoms with E-state index in [1.807, 2.05) is 46.9 Å². The van der Waals surface area contributed by atoms with Crippen molar-refractivity contribution in [1.82, 2.24) is 29.2 Å². The van der Waals surface area contributed by atoms with Crippen molar-refractivity contribution in [1.29, 1.82) is 0 Å². The molecule has 2 aromatic heterocycles. The predicted octanol–water partition coefficient (Wildman–Crippen LogP) is 2.90. The van der Waals surface area contributed by atoms with E-state index in [1.54, 1.807) is 17.2 Å². The number of aromatic nitrogens is 3. The van der Waals surface area contributed by atoms with Gasteiger partial charge >= 0.3 is 6.09 Å². The van der Waals surface area contributed by atoms with Crippen molar-refractivity contribution in [2.45, 2.75) is 51.2 Å². The Bertz CT molecular complexity index is 1080. The van der Waals surface area contributed by atoms with E-state index in [2.05, 4.69) is 29.1 Å². The van der Waals surface area contributed by atoms with Gasteiger partial charge in [-0.2, -0.15) is 0 Å². The standard InChI is InChI=1S/C25H37N7O3/c1-17(2)32-16-27-23-20(7-10-26-24(23)32)28-19-9-13-31(25(34)35)21(14-19)18-8-12-30(15-18)22(33)6-5-11-29(3)4/h5-7,10,16-19,21H,8-9,11-15H2,1-4H3,(H,26,28)(H,34,35)/b6-5+. The molecule has 4 rings (SSSR count). The van der Waals surface area contributed by atoms with Crippen LogP contribution < -0.4 is 5.32 Å². The van der Waals surface area contributed by atoms with E-state index >= 15 is 0 Å². The summed E-state index contributed by atoms with van der Waals surface area (Å²) >= 11 is 0. The Labute approximate surface area is 206 Å². The van der Waals surface area contributed by atoms with E-state index in [4.69, 9.17) is 0 Å². The molecule has 0 aromatic carbocycles. The number of fused-ring (bicyclic) bond motifs is 1. The molecule has 35 heavy (non-hydrogen) atoms. The van der Waals surface area contributed by atoms with Crippen molar-refractivity contribution in [3.05, 3.63) is 30.7 Å². The minimum absolute atomic E-state index is 0.00151. The van der Waals surface area contributed by atoms with Gasteiger partial charge in [-0.05, 0) is 59.2 Å². The monoisotopic (exact) mass is 483 g/mol. The van der Waals surface area contributed by atoms with Crippen molar-refractivity contribution < 1.29 is 14.7 Å². The lowest BCUT2D eigenvalue weighted by Crippen LogP contribution is -2.52. The molecule has 0 saturated carbocycles. The van der Waals surface area contributed by atoms with Crippen LogP contribution in [0.3, 0.4) is 0 Å². The maximum absolute atomic E-state index is 12.6. The van der Waals surface area contributed by atoms with Crippen LogP contribution in [0.2, 0.25) is 0 Å². The number of carboxylic acid groups (broad SMARTS) is 1. The number of carbonyl (C=O) groups is 2. The second-order valence-corrected chi connectivity index (χ2v) is 10.2. The summed E-state index contributed by atoms with van der Waals surface area (Å²) < 4.78 is 2.05. The van der Waals surface area contributed by atoms with Crippen molar-refractivity contribution >= 4 is 28.9 Å². The molecule has 10 heteroatoms. The molecule has 2 saturated heterocycles. The highest BCUT2D eigenvalue weighted by molar-refractivity contribution is 5.88. The maximum Gasteiger partial charge on any atom is 0.407 e. The van der Waals surface area contributed by atoms with Gasteiger partial charge in [-0.25, -0.2) is 14.8 Å². The van der Waals surface area contributed by atoms with E-state index < -0.39 is 6.09 Å². The zero-order chi connectivity index (χ0) is 25.1. The van der Waals surface area contributed by atoms with Gasteiger partial charge < -0.3 is 29.7 Å². The molecule has 0 aliphatic carbocycles. The summed E-state index contributed by atoms with van der Waals surface area (Å²) in [5, 5.41) is 13.5. The third kappa shape index (κ3) is 5.58. The number of anilines is 1. The smallest absolute Gasteiger partial charge is 0.407 e. The van der Waals surface area contributed by atoms with Gasteiger partial charge in [0.1, 0.15) is 5.52 Å². The first-order valence-corrected chi connectivity index (χ1v) is 12.4. The lowest BCUT2D eigenvalue weighted by atomic mass is 9.87. The summed E-state index contributed by atoms with van der Waals surface area (Å²) in [6.07, 6.45) is 8.46. The first-order valence-electron chi connectivity index (χ1n) is 12.4. The number of hydrogen-bond donors (Lipinski definition) is 2. The second-order valence-electron chi connectivity index (χ2n) is 10.2. The number of hydrogen-bond acceptors (Lipinski definition) is 6. The first kappa shape index (κ1) is 25.0. The summed E-state index contributed by atoms with van der Waals surface area (Å²) in [5.41, 5.74) is 2.61. The Kier molecular flexibility index (Phi) is 7.59. The Morgan fingerprint density at radius 3 is 2.77 bits per heavy atom. The van der Waals surface area contributed by atoms with Gasteiger partial charge in [-0.1, -0.05) is 6.08 Å². The van der Waals surface area contributed by atoms with E-state index in [1.165, 1.54) is 0 Å². The molecule has 0 spiro atoms. The van der Waals surface area contributed by atoms with E-state index in [-0.39, 0.29) is 30.0 Å². The quantitative estimate of drug-likeness (QED) is 0.583. The molecule has 4 heterocycles. The number of piperidine rings is 1. The average Bonchev–Trinajstić information content (AvgIpc) is 3.47. The second kappa shape index (κ2) is 10.6. The number of likely N-dealkylation sites (N-methyl/N-ethyl adjacent to an activating group) is 1. The molecule has 2 aromatic rings. The fourth-order valence-electron chi connectivity index (χ4n) is 5.23. The van der Waals surface area contributed by atoms with Crippen molar-refractivity contribution in [2.24, 2.45) is 5.92 Å². The highest BCUT2D eigenvalue weighted by atomic mass is 16.4. The van der Waals surface area contributed by atoms with Crippen LogP contribution in [0.1, 0.15) is 39.2 Å². The van der Waals surface area contributed by atoms with Crippen LogP contribution in [-0.2, 0) is 4.79 Å². The van der Waals surface area contributed by atoms with Gasteiger partial charge in [0.2, 0.25) is 5.91 Å². The van der Waals surface area contributed by atoms with Crippen molar-refractivity contribution in [3.8, 4) is 0 Å². The number of nitrogens with one attached hydrogen (secondary N) is 1. The van der Waals surface area contributed by atoms with Gasteiger partial charge in [-0.15, -0.1) is 0 Å². The van der Waals surface area contributed by atoms with Crippen LogP contribution in [-0.4, -0.2) is 98.7 Å². The molecule has 2 fully saturated rings. The number of pyridine rings is 1. The Balaban J connectivity index is 1.45. The largest absolute Gasteiger partial charge is 0.465 e. The predicted molar refractivity (Wildman–Crippen MR) is 135 cm³/mol. The molecule has 3 unspecified atom stereocenters. The highest BCUT2D eigenvalue weighted by Crippen LogP contribution is 2.32. The van der Waals surface area contributed by atoms with Gasteiger partial charge in [0.05, 0.1) is 12.0 Å². The number of amides is 2. The van der Waals surface area contributed by atoms with Gasteiger partial charge in [0, 0.05) is 56.6 Å². The van der Waals surface area contributed by atoms with Crippen LogP contribution in [0.4, 0.5) is 10.5 Å². The van der Waals surface area contributed by atoms with Crippen LogP contribution in [0.5, 0.6) is 0 Å². The summed E-state index contributed by atoms with van der Waals surface area (Å²) in [6, 6.07) is 2.19. The third-order valence-electron chi connectivity index (χ3n) is 7.08. The minimum Gasteiger partial charge on any atom is -0.465 e. The van der Waals surface area contributed by atoms with Crippen LogP contribution in [0.15, 0.2) is 30.7 Å². The van der Waals surface area contributed by atoms with E-state index in [9.17, 15) is 14.7 Å².